The Morgan fingerprint density at radius 3 is 2.58 bits per heavy atom. The average molecular weight is 182 g/mol. The topological polar surface area (TPSA) is 38.0 Å². The molecule has 3 heteroatoms. The highest BCUT2D eigenvalue weighted by Gasteiger charge is 1.89. The van der Waals surface area contributed by atoms with Gasteiger partial charge in [-0.15, -0.1) is 0 Å². The molecule has 0 saturated carbocycles. The van der Waals surface area contributed by atoms with E-state index in [9.17, 15) is 0 Å². The Hall–Kier alpha value is -0.830. The van der Waals surface area contributed by atoms with Crippen LogP contribution in [-0.2, 0) is 0 Å². The molecule has 0 saturated heterocycles. The van der Waals surface area contributed by atoms with Gasteiger partial charge in [0.2, 0.25) is 0 Å². The summed E-state index contributed by atoms with van der Waals surface area (Å²) < 4.78 is 0. The summed E-state index contributed by atoms with van der Waals surface area (Å²) in [5.41, 5.74) is 7.50. The second-order valence-corrected chi connectivity index (χ2v) is 3.53. The standard InChI is InChI=1S/C9H14N2S/c1-12-7-6-11-9-4-2-8(10)3-5-9/h2-5,11H,6-7,10H2,1H3. The van der Waals surface area contributed by atoms with Gasteiger partial charge in [-0.05, 0) is 30.5 Å². The lowest BCUT2D eigenvalue weighted by atomic mass is 10.3. The lowest BCUT2D eigenvalue weighted by molar-refractivity contribution is 1.23. The van der Waals surface area contributed by atoms with Crippen molar-refractivity contribution in [3.63, 3.8) is 0 Å². The number of hydrogen-bond donors (Lipinski definition) is 2. The monoisotopic (exact) mass is 182 g/mol. The van der Waals surface area contributed by atoms with E-state index in [-0.39, 0.29) is 0 Å². The summed E-state index contributed by atoms with van der Waals surface area (Å²) in [6.45, 7) is 1.01. The van der Waals surface area contributed by atoms with E-state index in [1.807, 2.05) is 36.0 Å². The van der Waals surface area contributed by atoms with Crippen molar-refractivity contribution < 1.29 is 0 Å². The maximum Gasteiger partial charge on any atom is 0.0341 e. The van der Waals surface area contributed by atoms with Gasteiger partial charge in [0.1, 0.15) is 0 Å². The van der Waals surface area contributed by atoms with Gasteiger partial charge >= 0.3 is 0 Å². The lowest BCUT2D eigenvalue weighted by Crippen LogP contribution is -2.03. The quantitative estimate of drug-likeness (QED) is 0.553. The van der Waals surface area contributed by atoms with Crippen molar-refractivity contribution in [3.05, 3.63) is 24.3 Å². The van der Waals surface area contributed by atoms with Gasteiger partial charge in [0, 0.05) is 23.7 Å². The fourth-order valence-corrected chi connectivity index (χ4v) is 1.20. The number of anilines is 2. The first kappa shape index (κ1) is 9.26. The van der Waals surface area contributed by atoms with Crippen molar-refractivity contribution in [1.82, 2.24) is 0 Å². The first-order valence-electron chi connectivity index (χ1n) is 3.91. The Labute approximate surface area is 77.5 Å². The minimum Gasteiger partial charge on any atom is -0.399 e. The van der Waals surface area contributed by atoms with E-state index in [1.165, 1.54) is 0 Å². The van der Waals surface area contributed by atoms with Crippen LogP contribution in [0.1, 0.15) is 0 Å². The summed E-state index contributed by atoms with van der Waals surface area (Å²) in [4.78, 5) is 0. The lowest BCUT2D eigenvalue weighted by Gasteiger charge is -2.04. The Morgan fingerprint density at radius 1 is 1.33 bits per heavy atom. The first-order chi connectivity index (χ1) is 5.83. The van der Waals surface area contributed by atoms with Crippen LogP contribution in [0.5, 0.6) is 0 Å². The molecule has 0 aliphatic rings. The van der Waals surface area contributed by atoms with Crippen LogP contribution in [0.25, 0.3) is 0 Å². The van der Waals surface area contributed by atoms with Crippen molar-refractivity contribution in [1.29, 1.82) is 0 Å². The summed E-state index contributed by atoms with van der Waals surface area (Å²) in [5, 5.41) is 3.30. The van der Waals surface area contributed by atoms with Crippen LogP contribution in [-0.4, -0.2) is 18.6 Å². The molecule has 3 N–H and O–H groups in total. The smallest absolute Gasteiger partial charge is 0.0341 e. The summed E-state index contributed by atoms with van der Waals surface area (Å²) in [6, 6.07) is 7.80. The SMILES string of the molecule is CSCCNc1ccc(N)cc1. The number of benzene rings is 1. The van der Waals surface area contributed by atoms with Crippen LogP contribution in [0, 0.1) is 0 Å². The van der Waals surface area contributed by atoms with E-state index >= 15 is 0 Å². The maximum absolute atomic E-state index is 5.55. The molecule has 0 atom stereocenters. The van der Waals surface area contributed by atoms with Crippen LogP contribution in [0.4, 0.5) is 11.4 Å². The molecule has 0 heterocycles. The number of hydrogen-bond acceptors (Lipinski definition) is 3. The summed E-state index contributed by atoms with van der Waals surface area (Å²) in [6.07, 6.45) is 2.10. The Kier molecular flexibility index (Phi) is 3.80. The fraction of sp³-hybridized carbons (Fsp3) is 0.333. The van der Waals surface area contributed by atoms with Gasteiger partial charge in [-0.25, -0.2) is 0 Å². The third-order valence-corrected chi connectivity index (χ3v) is 2.16. The molecule has 0 bridgehead atoms. The fourth-order valence-electron chi connectivity index (χ4n) is 0.898. The molecule has 0 radical (unpaired) electrons. The van der Waals surface area contributed by atoms with Crippen LogP contribution in [0.2, 0.25) is 0 Å². The van der Waals surface area contributed by atoms with E-state index in [0.29, 0.717) is 0 Å². The van der Waals surface area contributed by atoms with Gasteiger partial charge in [0.05, 0.1) is 0 Å². The van der Waals surface area contributed by atoms with E-state index in [0.717, 1.165) is 23.7 Å². The number of thioether (sulfide) groups is 1. The van der Waals surface area contributed by atoms with E-state index < -0.39 is 0 Å². The maximum atomic E-state index is 5.55. The zero-order valence-electron chi connectivity index (χ0n) is 7.21. The number of nitrogens with two attached hydrogens (primary N) is 1. The van der Waals surface area contributed by atoms with Crippen molar-refractivity contribution in [2.45, 2.75) is 0 Å². The summed E-state index contributed by atoms with van der Waals surface area (Å²) in [5.74, 6) is 1.13. The second kappa shape index (κ2) is 4.93. The van der Waals surface area contributed by atoms with Crippen LogP contribution >= 0.6 is 11.8 Å². The molecule has 1 rings (SSSR count). The summed E-state index contributed by atoms with van der Waals surface area (Å²) >= 11 is 1.84. The minimum absolute atomic E-state index is 0.811. The largest absolute Gasteiger partial charge is 0.399 e. The Bertz CT molecular complexity index is 220. The Morgan fingerprint density at radius 2 is 2.00 bits per heavy atom. The van der Waals surface area contributed by atoms with Crippen molar-refractivity contribution in [2.24, 2.45) is 0 Å². The van der Waals surface area contributed by atoms with Gasteiger partial charge in [0.25, 0.3) is 0 Å². The average Bonchev–Trinajstić information content (AvgIpc) is 2.09. The second-order valence-electron chi connectivity index (χ2n) is 2.54. The van der Waals surface area contributed by atoms with Gasteiger partial charge in [-0.3, -0.25) is 0 Å². The molecule has 0 aliphatic heterocycles. The van der Waals surface area contributed by atoms with Gasteiger partial charge in [-0.2, -0.15) is 11.8 Å². The predicted molar refractivity (Wildman–Crippen MR) is 57.7 cm³/mol. The number of nitrogens with one attached hydrogen (secondary N) is 1. The van der Waals surface area contributed by atoms with E-state index in [4.69, 9.17) is 5.73 Å². The highest BCUT2D eigenvalue weighted by atomic mass is 32.2. The Balaban J connectivity index is 2.37. The third kappa shape index (κ3) is 3.05. The molecule has 66 valence electrons. The molecule has 2 nitrogen and oxygen atoms in total. The first-order valence-corrected chi connectivity index (χ1v) is 5.30. The third-order valence-electron chi connectivity index (χ3n) is 1.55. The molecule has 1 aromatic rings. The van der Waals surface area contributed by atoms with Crippen LogP contribution in [0.3, 0.4) is 0 Å². The molecule has 12 heavy (non-hydrogen) atoms. The highest BCUT2D eigenvalue weighted by Crippen LogP contribution is 2.10. The molecular weight excluding hydrogens is 168 g/mol. The molecule has 0 aliphatic carbocycles. The summed E-state index contributed by atoms with van der Waals surface area (Å²) in [7, 11) is 0. The van der Waals surface area contributed by atoms with Gasteiger partial charge < -0.3 is 11.1 Å². The van der Waals surface area contributed by atoms with Crippen LogP contribution < -0.4 is 11.1 Å². The zero-order chi connectivity index (χ0) is 8.81. The van der Waals surface area contributed by atoms with Crippen molar-refractivity contribution in [2.75, 3.05) is 29.6 Å². The molecule has 0 fully saturated rings. The predicted octanol–water partition coefficient (Wildman–Crippen LogP) is 2.04. The van der Waals surface area contributed by atoms with E-state index in [1.54, 1.807) is 0 Å². The molecule has 0 aromatic heterocycles. The number of rotatable bonds is 4. The highest BCUT2D eigenvalue weighted by molar-refractivity contribution is 7.98. The minimum atomic E-state index is 0.811. The molecule has 1 aromatic carbocycles. The normalized spacial score (nSPS) is 9.75. The van der Waals surface area contributed by atoms with Crippen LogP contribution in [0.15, 0.2) is 24.3 Å². The molecule has 0 unspecified atom stereocenters. The molecular formula is C9H14N2S. The van der Waals surface area contributed by atoms with Gasteiger partial charge in [0.15, 0.2) is 0 Å². The molecule has 0 amide bonds. The zero-order valence-corrected chi connectivity index (χ0v) is 8.03. The van der Waals surface area contributed by atoms with E-state index in [2.05, 4.69) is 11.6 Å². The number of nitrogen functional groups attached to an aromatic ring is 1. The van der Waals surface area contributed by atoms with Crippen molar-refractivity contribution in [3.8, 4) is 0 Å². The van der Waals surface area contributed by atoms with Gasteiger partial charge in [-0.1, -0.05) is 0 Å². The molecule has 0 spiro atoms. The van der Waals surface area contributed by atoms with Crippen molar-refractivity contribution >= 4 is 23.1 Å².